The normalized spacial score (nSPS) is 12.2. The van der Waals surface area contributed by atoms with Crippen molar-refractivity contribution in [2.45, 2.75) is 64.3 Å². The predicted octanol–water partition coefficient (Wildman–Crippen LogP) is 3.35. The smallest absolute Gasteiger partial charge is 0.233 e. The number of aromatic nitrogens is 4. The number of amides is 1. The van der Waals surface area contributed by atoms with Gasteiger partial charge in [-0.2, -0.15) is 0 Å². The minimum Gasteiger partial charge on any atom is -0.333 e. The number of nitrogens with zero attached hydrogens (tertiary/aromatic N) is 5. The van der Waals surface area contributed by atoms with Crippen LogP contribution in [0.25, 0.3) is 0 Å². The number of thioether (sulfide) groups is 1. The molecule has 0 aliphatic heterocycles. The molecule has 1 amide bonds. The molecule has 0 aliphatic carbocycles. The molecular weight excluding hydrogens is 334 g/mol. The maximum absolute atomic E-state index is 12.9. The molecule has 0 radical (unpaired) electrons. The van der Waals surface area contributed by atoms with Crippen LogP contribution in [0.5, 0.6) is 0 Å². The summed E-state index contributed by atoms with van der Waals surface area (Å²) in [5.74, 6) is 0.380. The first-order chi connectivity index (χ1) is 11.6. The summed E-state index contributed by atoms with van der Waals surface area (Å²) in [6.07, 6.45) is 0. The lowest BCUT2D eigenvalue weighted by atomic mass is 10.0. The van der Waals surface area contributed by atoms with Crippen LogP contribution in [0.2, 0.25) is 0 Å². The van der Waals surface area contributed by atoms with Gasteiger partial charge in [0.25, 0.3) is 0 Å². The monoisotopic (exact) mass is 361 g/mol. The minimum atomic E-state index is -0.260. The Hall–Kier alpha value is -1.89. The second-order valence-electron chi connectivity index (χ2n) is 7.97. The van der Waals surface area contributed by atoms with E-state index in [1.807, 2.05) is 56.0 Å². The third-order valence-corrected chi connectivity index (χ3v) is 4.60. The number of benzene rings is 1. The highest BCUT2D eigenvalue weighted by atomic mass is 32.2. The van der Waals surface area contributed by atoms with Gasteiger partial charge in [0.1, 0.15) is 0 Å². The lowest BCUT2D eigenvalue weighted by Crippen LogP contribution is -2.46. The first-order valence-electron chi connectivity index (χ1n) is 8.35. The Balaban J connectivity index is 2.09. The fourth-order valence-corrected chi connectivity index (χ4v) is 3.29. The Bertz CT molecular complexity index is 700. The molecule has 1 heterocycles. The molecule has 136 valence electrons. The Kier molecular flexibility index (Phi) is 5.87. The molecular formula is C18H27N5OS. The van der Waals surface area contributed by atoms with Crippen molar-refractivity contribution < 1.29 is 4.79 Å². The zero-order valence-corrected chi connectivity index (χ0v) is 16.7. The average Bonchev–Trinajstić information content (AvgIpc) is 2.99. The summed E-state index contributed by atoms with van der Waals surface area (Å²) >= 11 is 1.38. The van der Waals surface area contributed by atoms with Crippen molar-refractivity contribution in [1.29, 1.82) is 0 Å². The van der Waals surface area contributed by atoms with Gasteiger partial charge in [0, 0.05) is 12.1 Å². The first-order valence-corrected chi connectivity index (χ1v) is 9.33. The molecule has 0 bridgehead atoms. The fraction of sp³-hybridized carbons (Fsp3) is 0.556. The van der Waals surface area contributed by atoms with Gasteiger partial charge < -0.3 is 4.90 Å². The largest absolute Gasteiger partial charge is 0.333 e. The summed E-state index contributed by atoms with van der Waals surface area (Å²) in [4.78, 5) is 14.8. The van der Waals surface area contributed by atoms with Crippen molar-refractivity contribution in [2.24, 2.45) is 0 Å². The van der Waals surface area contributed by atoms with Crippen molar-refractivity contribution in [2.75, 3.05) is 5.75 Å². The van der Waals surface area contributed by atoms with Gasteiger partial charge in [-0.05, 0) is 57.5 Å². The van der Waals surface area contributed by atoms with Crippen LogP contribution in [0, 0.1) is 0 Å². The highest BCUT2D eigenvalue weighted by Crippen LogP contribution is 2.24. The molecule has 0 saturated carbocycles. The Morgan fingerprint density at radius 2 is 1.76 bits per heavy atom. The molecule has 6 nitrogen and oxygen atoms in total. The number of carbonyl (C=O) groups is 1. The van der Waals surface area contributed by atoms with Gasteiger partial charge in [-0.3, -0.25) is 4.79 Å². The maximum atomic E-state index is 12.9. The van der Waals surface area contributed by atoms with Crippen molar-refractivity contribution >= 4 is 17.7 Å². The van der Waals surface area contributed by atoms with E-state index in [4.69, 9.17) is 0 Å². The zero-order chi connectivity index (χ0) is 18.7. The van der Waals surface area contributed by atoms with Crippen molar-refractivity contribution in [3.63, 3.8) is 0 Å². The highest BCUT2D eigenvalue weighted by molar-refractivity contribution is 7.99. The van der Waals surface area contributed by atoms with Crippen molar-refractivity contribution in [3.8, 4) is 0 Å². The third-order valence-electron chi connectivity index (χ3n) is 3.70. The molecule has 0 N–H and O–H groups in total. The average molecular weight is 362 g/mol. The predicted molar refractivity (Wildman–Crippen MR) is 100 cm³/mol. The van der Waals surface area contributed by atoms with Gasteiger partial charge >= 0.3 is 0 Å². The lowest BCUT2D eigenvalue weighted by Gasteiger charge is -2.36. The standard InChI is InChI=1S/C18H27N5OS/c1-17(2,3)22(12-14-10-8-7-9-11-14)15(24)13-25-16-19-20-21-23(16)18(4,5)6/h7-11H,12-13H2,1-6H3. The Morgan fingerprint density at radius 1 is 1.12 bits per heavy atom. The molecule has 0 saturated heterocycles. The van der Waals surface area contributed by atoms with Crippen LogP contribution in [0.15, 0.2) is 35.5 Å². The molecule has 0 aliphatic rings. The van der Waals surface area contributed by atoms with Crippen LogP contribution >= 0.6 is 11.8 Å². The number of hydrogen-bond acceptors (Lipinski definition) is 5. The Labute approximate surface area is 154 Å². The molecule has 2 rings (SSSR count). The number of tetrazole rings is 1. The van der Waals surface area contributed by atoms with E-state index >= 15 is 0 Å². The summed E-state index contributed by atoms with van der Waals surface area (Å²) in [6, 6.07) is 10.0. The van der Waals surface area contributed by atoms with Crippen LogP contribution in [0.1, 0.15) is 47.1 Å². The Morgan fingerprint density at radius 3 is 2.32 bits per heavy atom. The molecule has 1 aromatic heterocycles. The number of hydrogen-bond donors (Lipinski definition) is 0. The molecule has 2 aromatic rings. The van der Waals surface area contributed by atoms with Gasteiger partial charge in [0.15, 0.2) is 0 Å². The van der Waals surface area contributed by atoms with E-state index < -0.39 is 0 Å². The number of rotatable bonds is 5. The summed E-state index contributed by atoms with van der Waals surface area (Å²) in [6.45, 7) is 12.9. The zero-order valence-electron chi connectivity index (χ0n) is 15.9. The fourth-order valence-electron chi connectivity index (χ4n) is 2.36. The van der Waals surface area contributed by atoms with Crippen LogP contribution in [0.3, 0.4) is 0 Å². The minimum absolute atomic E-state index is 0.0739. The third kappa shape index (κ3) is 5.29. The second-order valence-corrected chi connectivity index (χ2v) is 8.91. The van der Waals surface area contributed by atoms with Crippen molar-refractivity contribution in [3.05, 3.63) is 35.9 Å². The molecule has 0 fully saturated rings. The summed E-state index contributed by atoms with van der Waals surface area (Å²) < 4.78 is 1.75. The van der Waals surface area contributed by atoms with E-state index in [0.717, 1.165) is 5.56 Å². The van der Waals surface area contributed by atoms with Gasteiger partial charge in [0.05, 0.1) is 11.3 Å². The molecule has 0 unspecified atom stereocenters. The van der Waals surface area contributed by atoms with Gasteiger partial charge in [-0.25, -0.2) is 4.68 Å². The molecule has 0 spiro atoms. The molecule has 7 heteroatoms. The second kappa shape index (κ2) is 7.56. The van der Waals surface area contributed by atoms with E-state index in [1.54, 1.807) is 4.68 Å². The topological polar surface area (TPSA) is 63.9 Å². The molecule has 25 heavy (non-hydrogen) atoms. The lowest BCUT2D eigenvalue weighted by molar-refractivity contribution is -0.133. The van der Waals surface area contributed by atoms with Crippen LogP contribution in [-0.2, 0) is 16.9 Å². The maximum Gasteiger partial charge on any atom is 0.233 e. The SMILES string of the molecule is CC(C)(C)N(Cc1ccccc1)C(=O)CSc1nnnn1C(C)(C)C. The van der Waals surface area contributed by atoms with Gasteiger partial charge in [-0.15, -0.1) is 5.10 Å². The van der Waals surface area contributed by atoms with E-state index in [1.165, 1.54) is 11.8 Å². The highest BCUT2D eigenvalue weighted by Gasteiger charge is 2.28. The van der Waals surface area contributed by atoms with Crippen LogP contribution < -0.4 is 0 Å². The summed E-state index contributed by atoms with van der Waals surface area (Å²) in [7, 11) is 0. The van der Waals surface area contributed by atoms with Crippen LogP contribution in [-0.4, -0.2) is 42.3 Å². The first kappa shape index (κ1) is 19.4. The summed E-state index contributed by atoms with van der Waals surface area (Å²) in [5.41, 5.74) is 0.641. The van der Waals surface area contributed by atoms with E-state index in [-0.39, 0.29) is 17.0 Å². The van der Waals surface area contributed by atoms with Gasteiger partial charge in [0.2, 0.25) is 11.1 Å². The van der Waals surface area contributed by atoms with E-state index in [9.17, 15) is 4.79 Å². The van der Waals surface area contributed by atoms with Gasteiger partial charge in [-0.1, -0.05) is 42.1 Å². The quantitative estimate of drug-likeness (QED) is 0.764. The molecule has 1 aromatic carbocycles. The number of carbonyl (C=O) groups excluding carboxylic acids is 1. The van der Waals surface area contributed by atoms with E-state index in [0.29, 0.717) is 17.5 Å². The van der Waals surface area contributed by atoms with Crippen LogP contribution in [0.4, 0.5) is 0 Å². The summed E-state index contributed by atoms with van der Waals surface area (Å²) in [5, 5.41) is 12.5. The molecule has 0 atom stereocenters. The van der Waals surface area contributed by atoms with Crippen molar-refractivity contribution in [1.82, 2.24) is 25.1 Å². The van der Waals surface area contributed by atoms with E-state index in [2.05, 4.69) is 36.3 Å².